The number of amides is 1. The quantitative estimate of drug-likeness (QED) is 0.504. The Morgan fingerprint density at radius 3 is 2.94 bits per heavy atom. The van der Waals surface area contributed by atoms with Gasteiger partial charge in [0.1, 0.15) is 0 Å². The van der Waals surface area contributed by atoms with E-state index in [0.29, 0.717) is 19.5 Å². The minimum atomic E-state index is -0.771. The lowest BCUT2D eigenvalue weighted by molar-refractivity contribution is 0.0749. The van der Waals surface area contributed by atoms with Crippen LogP contribution in [0.5, 0.6) is 0 Å². The van der Waals surface area contributed by atoms with Crippen molar-refractivity contribution in [2.24, 2.45) is 5.84 Å². The highest BCUT2D eigenvalue weighted by Crippen LogP contribution is 2.16. The van der Waals surface area contributed by atoms with E-state index in [0.717, 1.165) is 0 Å². The van der Waals surface area contributed by atoms with Crippen molar-refractivity contribution < 1.29 is 14.3 Å². The van der Waals surface area contributed by atoms with Crippen LogP contribution in [0.4, 0.5) is 10.2 Å². The van der Waals surface area contributed by atoms with E-state index in [4.69, 9.17) is 10.9 Å². The Bertz CT molecular complexity index is 414. The molecule has 0 aliphatic heterocycles. The number of carbonyl (C=O) groups excluding carboxylic acids is 1. The van der Waals surface area contributed by atoms with Crippen LogP contribution in [0.2, 0.25) is 0 Å². The van der Waals surface area contributed by atoms with Gasteiger partial charge in [0.05, 0.1) is 5.56 Å². The van der Waals surface area contributed by atoms with Gasteiger partial charge in [0.2, 0.25) is 0 Å². The molecule has 0 spiro atoms. The van der Waals surface area contributed by atoms with Crippen LogP contribution in [-0.4, -0.2) is 40.6 Å². The molecule has 0 saturated carbocycles. The largest absolute Gasteiger partial charge is 0.396 e. The van der Waals surface area contributed by atoms with Crippen molar-refractivity contribution in [3.05, 3.63) is 23.6 Å². The Labute approximate surface area is 105 Å². The SMILES string of the molecule is CCN(CCCO)C(=O)c1ccnc(NN)c1F. The molecular weight excluding hydrogens is 239 g/mol. The Hall–Kier alpha value is -1.73. The molecule has 0 bridgehead atoms. The minimum Gasteiger partial charge on any atom is -0.396 e. The maximum absolute atomic E-state index is 13.8. The number of aromatic nitrogens is 1. The van der Waals surface area contributed by atoms with Crippen LogP contribution in [-0.2, 0) is 0 Å². The fourth-order valence-electron chi connectivity index (χ4n) is 1.54. The van der Waals surface area contributed by atoms with Crippen molar-refractivity contribution in [3.8, 4) is 0 Å². The first-order chi connectivity index (χ1) is 8.65. The van der Waals surface area contributed by atoms with Gasteiger partial charge in [-0.1, -0.05) is 0 Å². The number of nitrogens with zero attached hydrogens (tertiary/aromatic N) is 2. The molecule has 100 valence electrons. The average Bonchev–Trinajstić information content (AvgIpc) is 2.39. The molecule has 1 amide bonds. The van der Waals surface area contributed by atoms with Crippen molar-refractivity contribution in [2.75, 3.05) is 25.1 Å². The molecule has 0 aromatic carbocycles. The predicted molar refractivity (Wildman–Crippen MR) is 65.3 cm³/mol. The number of hydrazine groups is 1. The van der Waals surface area contributed by atoms with E-state index in [1.165, 1.54) is 17.2 Å². The Kier molecular flexibility index (Phi) is 5.47. The molecule has 0 aliphatic carbocycles. The summed E-state index contributed by atoms with van der Waals surface area (Å²) in [7, 11) is 0. The van der Waals surface area contributed by atoms with Gasteiger partial charge in [-0.2, -0.15) is 0 Å². The summed E-state index contributed by atoms with van der Waals surface area (Å²) in [6, 6.07) is 1.31. The van der Waals surface area contributed by atoms with Crippen molar-refractivity contribution in [1.82, 2.24) is 9.88 Å². The summed E-state index contributed by atoms with van der Waals surface area (Å²) in [5.41, 5.74) is 2.01. The van der Waals surface area contributed by atoms with Crippen LogP contribution in [0.25, 0.3) is 0 Å². The first kappa shape index (κ1) is 14.3. The zero-order chi connectivity index (χ0) is 13.5. The summed E-state index contributed by atoms with van der Waals surface area (Å²) in [5.74, 6) is 3.72. The number of hydrogen-bond donors (Lipinski definition) is 3. The number of nitrogen functional groups attached to an aromatic ring is 1. The van der Waals surface area contributed by atoms with Gasteiger partial charge >= 0.3 is 0 Å². The molecular formula is C11H17FN4O2. The van der Waals surface area contributed by atoms with Gasteiger partial charge in [0, 0.05) is 25.9 Å². The molecule has 0 aliphatic rings. The van der Waals surface area contributed by atoms with E-state index in [1.807, 2.05) is 0 Å². The first-order valence-electron chi connectivity index (χ1n) is 5.66. The third-order valence-electron chi connectivity index (χ3n) is 2.51. The third kappa shape index (κ3) is 3.14. The van der Waals surface area contributed by atoms with Gasteiger partial charge < -0.3 is 15.4 Å². The highest BCUT2D eigenvalue weighted by atomic mass is 19.1. The lowest BCUT2D eigenvalue weighted by atomic mass is 10.2. The second kappa shape index (κ2) is 6.87. The highest BCUT2D eigenvalue weighted by molar-refractivity contribution is 5.95. The van der Waals surface area contributed by atoms with Crippen LogP contribution >= 0.6 is 0 Å². The summed E-state index contributed by atoms with van der Waals surface area (Å²) in [6.07, 6.45) is 1.76. The number of halogens is 1. The molecule has 6 nitrogen and oxygen atoms in total. The zero-order valence-corrected chi connectivity index (χ0v) is 10.2. The Morgan fingerprint density at radius 1 is 1.67 bits per heavy atom. The van der Waals surface area contributed by atoms with E-state index in [1.54, 1.807) is 6.92 Å². The molecule has 18 heavy (non-hydrogen) atoms. The van der Waals surface area contributed by atoms with Gasteiger partial charge in [-0.15, -0.1) is 0 Å². The summed E-state index contributed by atoms with van der Waals surface area (Å²) < 4.78 is 13.8. The lowest BCUT2D eigenvalue weighted by Gasteiger charge is -2.21. The number of aliphatic hydroxyl groups excluding tert-OH is 1. The predicted octanol–water partition coefficient (Wildman–Crippen LogP) is 0.351. The van der Waals surface area contributed by atoms with Gasteiger partial charge in [0.25, 0.3) is 5.91 Å². The van der Waals surface area contributed by atoms with E-state index >= 15 is 0 Å². The van der Waals surface area contributed by atoms with E-state index < -0.39 is 11.7 Å². The number of hydrogen-bond acceptors (Lipinski definition) is 5. The molecule has 4 N–H and O–H groups in total. The molecule has 1 aromatic rings. The second-order valence-corrected chi connectivity index (χ2v) is 3.63. The van der Waals surface area contributed by atoms with Crippen LogP contribution in [0.15, 0.2) is 12.3 Å². The van der Waals surface area contributed by atoms with E-state index in [-0.39, 0.29) is 18.0 Å². The number of anilines is 1. The number of rotatable bonds is 6. The molecule has 0 saturated heterocycles. The molecule has 0 fully saturated rings. The van der Waals surface area contributed by atoms with Crippen LogP contribution < -0.4 is 11.3 Å². The highest BCUT2D eigenvalue weighted by Gasteiger charge is 2.20. The third-order valence-corrected chi connectivity index (χ3v) is 2.51. The lowest BCUT2D eigenvalue weighted by Crippen LogP contribution is -2.33. The van der Waals surface area contributed by atoms with Crippen molar-refractivity contribution >= 4 is 11.7 Å². The van der Waals surface area contributed by atoms with Crippen LogP contribution in [0, 0.1) is 5.82 Å². The Balaban J connectivity index is 2.94. The van der Waals surface area contributed by atoms with Crippen molar-refractivity contribution in [3.63, 3.8) is 0 Å². The van der Waals surface area contributed by atoms with Gasteiger partial charge in [-0.25, -0.2) is 15.2 Å². The van der Waals surface area contributed by atoms with Crippen molar-refractivity contribution in [1.29, 1.82) is 0 Å². The number of pyridine rings is 1. The summed E-state index contributed by atoms with van der Waals surface area (Å²) in [5, 5.41) is 8.75. The summed E-state index contributed by atoms with van der Waals surface area (Å²) >= 11 is 0. The maximum atomic E-state index is 13.8. The number of aliphatic hydroxyl groups is 1. The fraction of sp³-hybridized carbons (Fsp3) is 0.455. The van der Waals surface area contributed by atoms with Gasteiger partial charge in [-0.05, 0) is 19.4 Å². The number of nitrogens with one attached hydrogen (secondary N) is 1. The minimum absolute atomic E-state index is 0.0157. The summed E-state index contributed by atoms with van der Waals surface area (Å²) in [6.45, 7) is 2.58. The number of nitrogens with two attached hydrogens (primary N) is 1. The molecule has 7 heteroatoms. The summed E-state index contributed by atoms with van der Waals surface area (Å²) in [4.78, 5) is 17.2. The zero-order valence-electron chi connectivity index (χ0n) is 10.2. The molecule has 1 aromatic heterocycles. The maximum Gasteiger partial charge on any atom is 0.257 e. The smallest absolute Gasteiger partial charge is 0.257 e. The van der Waals surface area contributed by atoms with Crippen LogP contribution in [0.1, 0.15) is 23.7 Å². The van der Waals surface area contributed by atoms with Crippen molar-refractivity contribution in [2.45, 2.75) is 13.3 Å². The molecule has 1 heterocycles. The van der Waals surface area contributed by atoms with E-state index in [9.17, 15) is 9.18 Å². The number of carbonyl (C=O) groups is 1. The molecule has 0 unspecified atom stereocenters. The van der Waals surface area contributed by atoms with Gasteiger partial charge in [-0.3, -0.25) is 4.79 Å². The molecule has 0 atom stereocenters. The van der Waals surface area contributed by atoms with Crippen LogP contribution in [0.3, 0.4) is 0 Å². The molecule has 0 radical (unpaired) electrons. The normalized spacial score (nSPS) is 10.2. The van der Waals surface area contributed by atoms with E-state index in [2.05, 4.69) is 10.4 Å². The monoisotopic (exact) mass is 256 g/mol. The Morgan fingerprint density at radius 2 is 2.39 bits per heavy atom. The second-order valence-electron chi connectivity index (χ2n) is 3.63. The fourth-order valence-corrected chi connectivity index (χ4v) is 1.54. The van der Waals surface area contributed by atoms with Gasteiger partial charge in [0.15, 0.2) is 11.6 Å². The topological polar surface area (TPSA) is 91.5 Å². The first-order valence-corrected chi connectivity index (χ1v) is 5.66. The average molecular weight is 256 g/mol. The molecule has 1 rings (SSSR count). The standard InChI is InChI=1S/C11H17FN4O2/c1-2-16(6-3-7-17)11(18)8-4-5-14-10(15-13)9(8)12/h4-5,17H,2-3,6-7,13H2,1H3,(H,14,15).